The summed E-state index contributed by atoms with van der Waals surface area (Å²) in [6.07, 6.45) is 0. The summed E-state index contributed by atoms with van der Waals surface area (Å²) in [4.78, 5) is 12.5. The molecule has 0 aliphatic heterocycles. The zero-order valence-electron chi connectivity index (χ0n) is 11.4. The van der Waals surface area contributed by atoms with Gasteiger partial charge in [-0.1, -0.05) is 30.3 Å². The van der Waals surface area contributed by atoms with E-state index in [1.165, 1.54) is 12.1 Å². The summed E-state index contributed by atoms with van der Waals surface area (Å²) < 4.78 is 25.2. The minimum Gasteiger partial charge on any atom is -0.506 e. The summed E-state index contributed by atoms with van der Waals surface area (Å²) in [5.74, 6) is -1.39. The van der Waals surface area contributed by atoms with Crippen molar-refractivity contribution in [3.8, 4) is 5.75 Å². The highest BCUT2D eigenvalue weighted by Gasteiger charge is 2.24. The highest BCUT2D eigenvalue weighted by molar-refractivity contribution is 7.92. The molecule has 6 heteroatoms. The first-order chi connectivity index (χ1) is 10.5. The van der Waals surface area contributed by atoms with Crippen LogP contribution in [0.4, 0.5) is 0 Å². The lowest BCUT2D eigenvalue weighted by atomic mass is 10.2. The highest BCUT2D eigenvalue weighted by atomic mass is 32.2. The molecule has 0 saturated heterocycles. The van der Waals surface area contributed by atoms with E-state index in [-0.39, 0.29) is 15.5 Å². The third kappa shape index (κ3) is 2.63. The first-order valence-electron chi connectivity index (χ1n) is 6.50. The molecule has 3 rings (SSSR count). The molecule has 1 aromatic heterocycles. The van der Waals surface area contributed by atoms with Crippen LogP contribution < -0.4 is 0 Å². The van der Waals surface area contributed by atoms with Crippen LogP contribution in [0.15, 0.2) is 59.5 Å². The Morgan fingerprint density at radius 2 is 1.64 bits per heavy atom. The fourth-order valence-electron chi connectivity index (χ4n) is 2.17. The molecule has 0 bridgehead atoms. The molecule has 1 heterocycles. The van der Waals surface area contributed by atoms with E-state index < -0.39 is 21.4 Å². The Morgan fingerprint density at radius 3 is 2.32 bits per heavy atom. The van der Waals surface area contributed by atoms with Crippen LogP contribution >= 0.6 is 11.3 Å². The van der Waals surface area contributed by atoms with Crippen molar-refractivity contribution in [2.45, 2.75) is 4.90 Å². The fraction of sp³-hybridized carbons (Fsp3) is 0.0625. The van der Waals surface area contributed by atoms with Gasteiger partial charge < -0.3 is 5.11 Å². The summed E-state index contributed by atoms with van der Waals surface area (Å²) in [7, 11) is -3.72. The van der Waals surface area contributed by atoms with E-state index in [1.54, 1.807) is 42.5 Å². The van der Waals surface area contributed by atoms with Gasteiger partial charge >= 0.3 is 0 Å². The first kappa shape index (κ1) is 14.7. The van der Waals surface area contributed by atoms with E-state index in [9.17, 15) is 18.3 Å². The van der Waals surface area contributed by atoms with Crippen LogP contribution in [0.2, 0.25) is 0 Å². The van der Waals surface area contributed by atoms with Crippen LogP contribution in [0.25, 0.3) is 10.1 Å². The topological polar surface area (TPSA) is 71.4 Å². The van der Waals surface area contributed by atoms with Gasteiger partial charge in [-0.05, 0) is 24.3 Å². The minimum atomic E-state index is -3.72. The SMILES string of the molecule is O=C(CS(=O)(=O)c1ccccc1)c1sc2ccccc2c1O. The van der Waals surface area contributed by atoms with E-state index >= 15 is 0 Å². The van der Waals surface area contributed by atoms with E-state index in [0.717, 1.165) is 16.0 Å². The Bertz CT molecular complexity index is 941. The third-order valence-electron chi connectivity index (χ3n) is 3.25. The molecular weight excluding hydrogens is 320 g/mol. The van der Waals surface area contributed by atoms with Gasteiger partial charge in [0.05, 0.1) is 4.90 Å². The monoisotopic (exact) mass is 332 g/mol. The fourth-order valence-corrected chi connectivity index (χ4v) is 4.52. The number of Topliss-reactive ketones (excluding diaryl/α,β-unsaturated/α-hetero) is 1. The number of carbonyl (C=O) groups excluding carboxylic acids is 1. The van der Waals surface area contributed by atoms with Gasteiger partial charge in [0.25, 0.3) is 0 Å². The Morgan fingerprint density at radius 1 is 1.00 bits per heavy atom. The molecule has 1 N–H and O–H groups in total. The molecule has 22 heavy (non-hydrogen) atoms. The van der Waals surface area contributed by atoms with E-state index in [0.29, 0.717) is 5.39 Å². The van der Waals surface area contributed by atoms with Gasteiger partial charge in [-0.2, -0.15) is 0 Å². The highest BCUT2D eigenvalue weighted by Crippen LogP contribution is 2.37. The minimum absolute atomic E-state index is 0.0840. The van der Waals surface area contributed by atoms with Crippen molar-refractivity contribution in [2.75, 3.05) is 5.75 Å². The molecule has 2 aromatic carbocycles. The summed E-state index contributed by atoms with van der Waals surface area (Å²) in [5, 5.41) is 10.7. The standard InChI is InChI=1S/C16H12O4S2/c17-13(10-22(19,20)11-6-2-1-3-7-11)16-15(18)12-8-4-5-9-14(12)21-16/h1-9,18H,10H2. The van der Waals surface area contributed by atoms with Crippen LogP contribution in [0.3, 0.4) is 0 Å². The lowest BCUT2D eigenvalue weighted by molar-refractivity contribution is 0.102. The van der Waals surface area contributed by atoms with Crippen molar-refractivity contribution in [3.63, 3.8) is 0 Å². The smallest absolute Gasteiger partial charge is 0.191 e. The van der Waals surface area contributed by atoms with Gasteiger partial charge in [-0.25, -0.2) is 8.42 Å². The van der Waals surface area contributed by atoms with Crippen LogP contribution in [0, 0.1) is 0 Å². The second-order valence-electron chi connectivity index (χ2n) is 4.77. The number of thiophene rings is 1. The van der Waals surface area contributed by atoms with E-state index in [4.69, 9.17) is 0 Å². The molecule has 112 valence electrons. The third-order valence-corrected chi connectivity index (χ3v) is 6.08. The van der Waals surface area contributed by atoms with Gasteiger partial charge in [-0.15, -0.1) is 11.3 Å². The van der Waals surface area contributed by atoms with Gasteiger partial charge in [0.2, 0.25) is 0 Å². The molecule has 0 radical (unpaired) electrons. The normalized spacial score (nSPS) is 11.6. The van der Waals surface area contributed by atoms with Crippen LogP contribution in [-0.4, -0.2) is 25.1 Å². The zero-order chi connectivity index (χ0) is 15.7. The maximum atomic E-state index is 12.3. The Balaban J connectivity index is 1.96. The maximum absolute atomic E-state index is 12.3. The van der Waals surface area contributed by atoms with E-state index in [2.05, 4.69) is 0 Å². The molecule has 0 aliphatic rings. The Hall–Kier alpha value is -2.18. The van der Waals surface area contributed by atoms with Crippen molar-refractivity contribution in [3.05, 3.63) is 59.5 Å². The molecule has 0 atom stereocenters. The number of carbonyl (C=O) groups is 1. The number of hydrogen-bond donors (Lipinski definition) is 1. The first-order valence-corrected chi connectivity index (χ1v) is 8.97. The van der Waals surface area contributed by atoms with Crippen molar-refractivity contribution in [1.82, 2.24) is 0 Å². The second-order valence-corrected chi connectivity index (χ2v) is 7.81. The number of aromatic hydroxyl groups is 1. The second kappa shape index (κ2) is 5.55. The Labute approximate surface area is 131 Å². The predicted molar refractivity (Wildman–Crippen MR) is 86.3 cm³/mol. The zero-order valence-corrected chi connectivity index (χ0v) is 13.0. The number of sulfone groups is 1. The predicted octanol–water partition coefficient (Wildman–Crippen LogP) is 3.26. The molecule has 4 nitrogen and oxygen atoms in total. The maximum Gasteiger partial charge on any atom is 0.191 e. The number of hydrogen-bond acceptors (Lipinski definition) is 5. The number of ketones is 1. The molecule has 0 aliphatic carbocycles. The van der Waals surface area contributed by atoms with Crippen LogP contribution in [-0.2, 0) is 9.84 Å². The molecule has 0 spiro atoms. The number of fused-ring (bicyclic) bond motifs is 1. The number of benzene rings is 2. The summed E-state index contributed by atoms with van der Waals surface area (Å²) in [6.45, 7) is 0. The molecule has 0 fully saturated rings. The van der Waals surface area contributed by atoms with Gasteiger partial charge in [0.1, 0.15) is 16.4 Å². The van der Waals surface area contributed by atoms with E-state index in [1.807, 2.05) is 0 Å². The quantitative estimate of drug-likeness (QED) is 0.744. The lowest BCUT2D eigenvalue weighted by Gasteiger charge is -2.03. The summed E-state index contributed by atoms with van der Waals surface area (Å²) in [5.41, 5.74) is 0. The summed E-state index contributed by atoms with van der Waals surface area (Å²) >= 11 is 1.10. The molecule has 0 unspecified atom stereocenters. The molecule has 3 aromatic rings. The van der Waals surface area contributed by atoms with Crippen LogP contribution in [0.5, 0.6) is 5.75 Å². The van der Waals surface area contributed by atoms with Crippen molar-refractivity contribution < 1.29 is 18.3 Å². The van der Waals surface area contributed by atoms with Crippen molar-refractivity contribution >= 4 is 37.0 Å². The molecular formula is C16H12O4S2. The van der Waals surface area contributed by atoms with Crippen molar-refractivity contribution in [1.29, 1.82) is 0 Å². The number of rotatable bonds is 4. The molecule has 0 amide bonds. The van der Waals surface area contributed by atoms with Crippen molar-refractivity contribution in [2.24, 2.45) is 0 Å². The largest absolute Gasteiger partial charge is 0.506 e. The van der Waals surface area contributed by atoms with Gasteiger partial charge in [-0.3, -0.25) is 4.79 Å². The average Bonchev–Trinajstić information content (AvgIpc) is 2.86. The molecule has 0 saturated carbocycles. The van der Waals surface area contributed by atoms with Crippen LogP contribution in [0.1, 0.15) is 9.67 Å². The van der Waals surface area contributed by atoms with Gasteiger partial charge in [0.15, 0.2) is 15.6 Å². The average molecular weight is 332 g/mol. The Kier molecular flexibility index (Phi) is 3.72. The lowest BCUT2D eigenvalue weighted by Crippen LogP contribution is -2.15. The van der Waals surface area contributed by atoms with Gasteiger partial charge in [0, 0.05) is 10.1 Å². The summed E-state index contributed by atoms with van der Waals surface area (Å²) in [6, 6.07) is 14.9.